The van der Waals surface area contributed by atoms with E-state index in [1.165, 1.54) is 25.7 Å². The number of hydrogen-bond acceptors (Lipinski definition) is 2. The molecular weight excluding hydrogens is 224 g/mol. The average Bonchev–Trinajstić information content (AvgIpc) is 2.28. The maximum absolute atomic E-state index is 12.0. The quantitative estimate of drug-likeness (QED) is 0.831. The molecule has 2 saturated carbocycles. The van der Waals surface area contributed by atoms with Crippen molar-refractivity contribution in [3.63, 3.8) is 0 Å². The number of hydrogen-bond donors (Lipinski definition) is 1. The minimum Gasteiger partial charge on any atom is -0.355 e. The normalized spacial score (nSPS) is 30.0. The molecule has 1 amide bonds. The second kappa shape index (κ2) is 5.73. The van der Waals surface area contributed by atoms with Crippen LogP contribution in [-0.4, -0.2) is 12.5 Å². The minimum absolute atomic E-state index is 0.0277. The van der Waals surface area contributed by atoms with Crippen LogP contribution in [0.5, 0.6) is 0 Å². The lowest BCUT2D eigenvalue weighted by Gasteiger charge is -2.33. The molecule has 3 nitrogen and oxygen atoms in total. The van der Waals surface area contributed by atoms with Crippen molar-refractivity contribution in [2.24, 2.45) is 17.3 Å². The van der Waals surface area contributed by atoms with Crippen LogP contribution in [0.1, 0.15) is 58.3 Å². The monoisotopic (exact) mass is 248 g/mol. The molecule has 2 aliphatic carbocycles. The molecule has 2 unspecified atom stereocenters. The van der Waals surface area contributed by atoms with E-state index in [2.05, 4.69) is 18.3 Å². The molecule has 3 heteroatoms. The van der Waals surface area contributed by atoms with E-state index < -0.39 is 5.41 Å². The lowest BCUT2D eigenvalue weighted by molar-refractivity contribution is -0.131. The maximum atomic E-state index is 12.0. The largest absolute Gasteiger partial charge is 0.355 e. The van der Waals surface area contributed by atoms with Gasteiger partial charge in [-0.05, 0) is 43.9 Å². The van der Waals surface area contributed by atoms with Crippen molar-refractivity contribution in [1.82, 2.24) is 5.32 Å². The summed E-state index contributed by atoms with van der Waals surface area (Å²) in [4.78, 5) is 12.0. The van der Waals surface area contributed by atoms with Gasteiger partial charge in [0.25, 0.3) is 0 Å². The maximum Gasteiger partial charge on any atom is 0.240 e. The standard InChI is InChI=1S/C15H24N2O/c1-12-4-2-5-13(10-12)6-9-17-14(18)15(11-16)7-3-8-15/h12-13H,2-10H2,1H3,(H,17,18). The molecule has 0 radical (unpaired) electrons. The SMILES string of the molecule is CC1CCCC(CCNC(=O)C2(C#N)CCC2)C1. The van der Waals surface area contributed by atoms with Crippen LogP contribution in [0, 0.1) is 28.6 Å². The van der Waals surface area contributed by atoms with Gasteiger partial charge in [-0.1, -0.05) is 26.2 Å². The lowest BCUT2D eigenvalue weighted by Crippen LogP contribution is -2.45. The first-order chi connectivity index (χ1) is 8.66. The zero-order chi connectivity index (χ0) is 13.0. The molecule has 2 rings (SSSR count). The van der Waals surface area contributed by atoms with Crippen molar-refractivity contribution < 1.29 is 4.79 Å². The smallest absolute Gasteiger partial charge is 0.240 e. The van der Waals surface area contributed by atoms with Gasteiger partial charge in [0.05, 0.1) is 6.07 Å². The number of rotatable bonds is 4. The summed E-state index contributed by atoms with van der Waals surface area (Å²) < 4.78 is 0. The highest BCUT2D eigenvalue weighted by Crippen LogP contribution is 2.40. The predicted molar refractivity (Wildman–Crippen MR) is 70.6 cm³/mol. The fraction of sp³-hybridized carbons (Fsp3) is 0.867. The van der Waals surface area contributed by atoms with Gasteiger partial charge >= 0.3 is 0 Å². The molecule has 0 aromatic heterocycles. The van der Waals surface area contributed by atoms with E-state index >= 15 is 0 Å². The van der Waals surface area contributed by atoms with Gasteiger partial charge in [-0.15, -0.1) is 0 Å². The fourth-order valence-electron chi connectivity index (χ4n) is 3.30. The van der Waals surface area contributed by atoms with Crippen molar-refractivity contribution in [1.29, 1.82) is 5.26 Å². The number of nitriles is 1. The van der Waals surface area contributed by atoms with Gasteiger partial charge in [-0.2, -0.15) is 5.26 Å². The molecule has 2 fully saturated rings. The number of carbonyl (C=O) groups is 1. The Bertz CT molecular complexity index is 341. The third kappa shape index (κ3) is 2.85. The molecule has 2 atom stereocenters. The zero-order valence-corrected chi connectivity index (χ0v) is 11.4. The average molecular weight is 248 g/mol. The molecular formula is C15H24N2O. The Labute approximate surface area is 110 Å². The molecule has 1 N–H and O–H groups in total. The first kappa shape index (κ1) is 13.4. The summed E-state index contributed by atoms with van der Waals surface area (Å²) in [5.41, 5.74) is -0.681. The highest BCUT2D eigenvalue weighted by Gasteiger charge is 2.44. The van der Waals surface area contributed by atoms with Crippen LogP contribution in [0.2, 0.25) is 0 Å². The zero-order valence-electron chi connectivity index (χ0n) is 11.4. The van der Waals surface area contributed by atoms with Gasteiger partial charge in [-0.25, -0.2) is 0 Å². The van der Waals surface area contributed by atoms with Gasteiger partial charge in [0, 0.05) is 6.54 Å². The minimum atomic E-state index is -0.681. The molecule has 100 valence electrons. The van der Waals surface area contributed by atoms with Gasteiger partial charge in [0.15, 0.2) is 0 Å². The number of carbonyl (C=O) groups excluding carboxylic acids is 1. The molecule has 0 aliphatic heterocycles. The Morgan fingerprint density at radius 1 is 1.39 bits per heavy atom. The van der Waals surface area contributed by atoms with Gasteiger partial charge in [0.2, 0.25) is 5.91 Å². The molecule has 0 saturated heterocycles. The third-order valence-corrected chi connectivity index (χ3v) is 4.74. The van der Waals surface area contributed by atoms with E-state index in [4.69, 9.17) is 5.26 Å². The topological polar surface area (TPSA) is 52.9 Å². The van der Waals surface area contributed by atoms with E-state index in [1.54, 1.807) is 0 Å². The molecule has 0 spiro atoms. The summed E-state index contributed by atoms with van der Waals surface area (Å²) in [5.74, 6) is 1.59. The van der Waals surface area contributed by atoms with Crippen molar-refractivity contribution in [3.8, 4) is 6.07 Å². The second-order valence-electron chi connectivity index (χ2n) is 6.23. The highest BCUT2D eigenvalue weighted by molar-refractivity contribution is 5.86. The molecule has 0 heterocycles. The summed E-state index contributed by atoms with van der Waals surface area (Å²) in [6.07, 6.45) is 8.90. The Morgan fingerprint density at radius 3 is 2.72 bits per heavy atom. The Kier molecular flexibility index (Phi) is 4.27. The summed E-state index contributed by atoms with van der Waals surface area (Å²) in [7, 11) is 0. The van der Waals surface area contributed by atoms with Crippen molar-refractivity contribution >= 4 is 5.91 Å². The van der Waals surface area contributed by atoms with Gasteiger partial charge in [0.1, 0.15) is 5.41 Å². The first-order valence-electron chi connectivity index (χ1n) is 7.36. The summed E-state index contributed by atoms with van der Waals surface area (Å²) in [6.45, 7) is 3.07. The van der Waals surface area contributed by atoms with E-state index in [0.717, 1.165) is 44.1 Å². The number of nitrogens with one attached hydrogen (secondary N) is 1. The molecule has 0 aromatic rings. The fourth-order valence-corrected chi connectivity index (χ4v) is 3.30. The van der Waals surface area contributed by atoms with Gasteiger partial charge < -0.3 is 5.32 Å². The van der Waals surface area contributed by atoms with E-state index in [1.807, 2.05) is 0 Å². The Morgan fingerprint density at radius 2 is 2.17 bits per heavy atom. The predicted octanol–water partition coefficient (Wildman–Crippen LogP) is 3.01. The van der Waals surface area contributed by atoms with Crippen molar-refractivity contribution in [2.75, 3.05) is 6.54 Å². The molecule has 0 aromatic carbocycles. The Balaban J connectivity index is 1.69. The van der Waals surface area contributed by atoms with Crippen LogP contribution >= 0.6 is 0 Å². The van der Waals surface area contributed by atoms with E-state index in [0.29, 0.717) is 0 Å². The molecule has 18 heavy (non-hydrogen) atoms. The van der Waals surface area contributed by atoms with Crippen LogP contribution in [0.3, 0.4) is 0 Å². The van der Waals surface area contributed by atoms with E-state index in [9.17, 15) is 4.79 Å². The molecule has 0 bridgehead atoms. The highest BCUT2D eigenvalue weighted by atomic mass is 16.2. The van der Waals surface area contributed by atoms with Crippen LogP contribution in [0.4, 0.5) is 0 Å². The van der Waals surface area contributed by atoms with Crippen molar-refractivity contribution in [2.45, 2.75) is 58.3 Å². The summed E-state index contributed by atoms with van der Waals surface area (Å²) in [5, 5.41) is 12.1. The number of nitrogens with zero attached hydrogens (tertiary/aromatic N) is 1. The Hall–Kier alpha value is -1.04. The van der Waals surface area contributed by atoms with Crippen LogP contribution in [-0.2, 0) is 4.79 Å². The number of amides is 1. The van der Waals surface area contributed by atoms with Gasteiger partial charge in [-0.3, -0.25) is 4.79 Å². The lowest BCUT2D eigenvalue weighted by atomic mass is 9.69. The van der Waals surface area contributed by atoms with Crippen molar-refractivity contribution in [3.05, 3.63) is 0 Å². The van der Waals surface area contributed by atoms with Crippen LogP contribution in [0.15, 0.2) is 0 Å². The summed E-state index contributed by atoms with van der Waals surface area (Å²) >= 11 is 0. The summed E-state index contributed by atoms with van der Waals surface area (Å²) in [6, 6.07) is 2.20. The van der Waals surface area contributed by atoms with E-state index in [-0.39, 0.29) is 5.91 Å². The first-order valence-corrected chi connectivity index (χ1v) is 7.36. The second-order valence-corrected chi connectivity index (χ2v) is 6.23. The third-order valence-electron chi connectivity index (χ3n) is 4.74. The molecule has 2 aliphatic rings. The van der Waals surface area contributed by atoms with Crippen LogP contribution in [0.25, 0.3) is 0 Å². The van der Waals surface area contributed by atoms with Crippen LogP contribution < -0.4 is 5.32 Å².